The van der Waals surface area contributed by atoms with Gasteiger partial charge in [0, 0.05) is 36.1 Å². The molecule has 2 saturated heterocycles. The fourth-order valence-corrected chi connectivity index (χ4v) is 4.27. The number of nitrogens with zero attached hydrogens (tertiary/aromatic N) is 2. The van der Waals surface area contributed by atoms with Gasteiger partial charge in [-0.3, -0.25) is 0 Å². The Kier molecular flexibility index (Phi) is 6.25. The van der Waals surface area contributed by atoms with E-state index in [1.807, 2.05) is 12.1 Å². The van der Waals surface area contributed by atoms with Gasteiger partial charge in [-0.25, -0.2) is 14.4 Å². The summed E-state index contributed by atoms with van der Waals surface area (Å²) in [5, 5.41) is 11.2. The Bertz CT molecular complexity index is 1100. The fraction of sp³-hybridized carbons (Fsp3) is 0.391. The average Bonchev–Trinajstić information content (AvgIpc) is 3.31. The van der Waals surface area contributed by atoms with Crippen LogP contribution in [0.2, 0.25) is 5.02 Å². The Hall–Kier alpha value is -2.68. The summed E-state index contributed by atoms with van der Waals surface area (Å²) >= 11 is 5.94. The van der Waals surface area contributed by atoms with Crippen LogP contribution >= 0.6 is 11.6 Å². The van der Waals surface area contributed by atoms with E-state index < -0.39 is 5.82 Å². The monoisotopic (exact) mass is 457 g/mol. The van der Waals surface area contributed by atoms with Gasteiger partial charge in [-0.1, -0.05) is 11.6 Å². The Morgan fingerprint density at radius 1 is 1.19 bits per heavy atom. The molecule has 32 heavy (non-hydrogen) atoms. The highest BCUT2D eigenvalue weighted by Gasteiger charge is 2.22. The number of hydrogen-bond acceptors (Lipinski definition) is 7. The third-order valence-corrected chi connectivity index (χ3v) is 6.05. The van der Waals surface area contributed by atoms with Crippen molar-refractivity contribution in [3.8, 4) is 5.75 Å². The van der Waals surface area contributed by atoms with E-state index in [1.165, 1.54) is 18.5 Å². The molecule has 3 N–H and O–H groups in total. The van der Waals surface area contributed by atoms with Crippen molar-refractivity contribution in [3.63, 3.8) is 0 Å². The van der Waals surface area contributed by atoms with Gasteiger partial charge in [-0.15, -0.1) is 0 Å². The summed E-state index contributed by atoms with van der Waals surface area (Å²) in [7, 11) is 0. The molecule has 0 bridgehead atoms. The standard InChI is InChI=1S/C23H25ClFN5O2/c24-18-8-14(3-4-19(18)25)30-23-17-9-21(29-15-2-1-6-26-11-15)22(10-20(17)27-13-28-23)32-16-5-7-31-12-16/h3-4,8-10,13,15-16,26,29H,1-2,5-7,11-12H2,(H,27,28,30)/t15?,16-/m0/s1. The smallest absolute Gasteiger partial charge is 0.145 e. The SMILES string of the molecule is Fc1ccc(Nc2ncnc3cc(O[C@H]4CCOC4)c(NC4CCCNC4)cc23)cc1Cl. The first-order valence-corrected chi connectivity index (χ1v) is 11.3. The van der Waals surface area contributed by atoms with Crippen molar-refractivity contribution in [1.82, 2.24) is 15.3 Å². The third-order valence-electron chi connectivity index (χ3n) is 5.76. The molecule has 2 fully saturated rings. The maximum Gasteiger partial charge on any atom is 0.145 e. The van der Waals surface area contributed by atoms with E-state index >= 15 is 0 Å². The first kappa shape index (κ1) is 21.2. The Morgan fingerprint density at radius 2 is 2.12 bits per heavy atom. The second-order valence-corrected chi connectivity index (χ2v) is 8.54. The largest absolute Gasteiger partial charge is 0.486 e. The number of fused-ring (bicyclic) bond motifs is 1. The number of hydrogen-bond donors (Lipinski definition) is 3. The first-order valence-electron chi connectivity index (χ1n) is 10.9. The molecular weight excluding hydrogens is 433 g/mol. The number of anilines is 3. The van der Waals surface area contributed by atoms with E-state index in [2.05, 4.69) is 25.9 Å². The minimum atomic E-state index is -0.463. The quantitative estimate of drug-likeness (QED) is 0.503. The molecule has 2 aromatic carbocycles. The minimum absolute atomic E-state index is 0.0262. The molecule has 1 unspecified atom stereocenters. The van der Waals surface area contributed by atoms with E-state index in [4.69, 9.17) is 21.1 Å². The van der Waals surface area contributed by atoms with Gasteiger partial charge in [-0.05, 0) is 43.7 Å². The lowest BCUT2D eigenvalue weighted by Crippen LogP contribution is -2.38. The van der Waals surface area contributed by atoms with Gasteiger partial charge in [0.25, 0.3) is 0 Å². The van der Waals surface area contributed by atoms with E-state index in [1.54, 1.807) is 6.07 Å². The number of aromatic nitrogens is 2. The predicted octanol–water partition coefficient (Wildman–Crippen LogP) is 4.50. The first-order chi connectivity index (χ1) is 15.7. The van der Waals surface area contributed by atoms with Gasteiger partial charge in [0.05, 0.1) is 29.4 Å². The van der Waals surface area contributed by atoms with E-state index in [0.717, 1.165) is 54.7 Å². The summed E-state index contributed by atoms with van der Waals surface area (Å²) in [6, 6.07) is 8.75. The number of nitrogens with one attached hydrogen (secondary N) is 3. The lowest BCUT2D eigenvalue weighted by Gasteiger charge is -2.27. The molecule has 2 atom stereocenters. The molecule has 3 aromatic rings. The van der Waals surface area contributed by atoms with Crippen LogP contribution in [-0.4, -0.2) is 48.4 Å². The molecule has 0 amide bonds. The number of ether oxygens (including phenoxy) is 2. The fourth-order valence-electron chi connectivity index (χ4n) is 4.08. The highest BCUT2D eigenvalue weighted by Crippen LogP contribution is 2.35. The zero-order chi connectivity index (χ0) is 21.9. The maximum absolute atomic E-state index is 13.6. The molecular formula is C23H25ClFN5O2. The highest BCUT2D eigenvalue weighted by atomic mass is 35.5. The van der Waals surface area contributed by atoms with Crippen molar-refractivity contribution in [1.29, 1.82) is 0 Å². The molecule has 3 heterocycles. The van der Waals surface area contributed by atoms with Gasteiger partial charge < -0.3 is 25.4 Å². The third kappa shape index (κ3) is 4.72. The minimum Gasteiger partial charge on any atom is -0.486 e. The van der Waals surface area contributed by atoms with Crippen LogP contribution in [0.25, 0.3) is 10.9 Å². The molecule has 0 aliphatic carbocycles. The van der Waals surface area contributed by atoms with Crippen LogP contribution in [0.5, 0.6) is 5.75 Å². The number of rotatable bonds is 6. The number of piperidine rings is 1. The molecule has 0 radical (unpaired) electrons. The van der Waals surface area contributed by atoms with Crippen molar-refractivity contribution in [2.75, 3.05) is 36.9 Å². The highest BCUT2D eigenvalue weighted by molar-refractivity contribution is 6.31. The normalized spacial score (nSPS) is 20.9. The van der Waals surface area contributed by atoms with Gasteiger partial charge in [0.2, 0.25) is 0 Å². The predicted molar refractivity (Wildman–Crippen MR) is 124 cm³/mol. The Labute approximate surface area is 190 Å². The Balaban J connectivity index is 1.50. The summed E-state index contributed by atoms with van der Waals surface area (Å²) in [4.78, 5) is 8.86. The number of halogens is 2. The second kappa shape index (κ2) is 9.44. The van der Waals surface area contributed by atoms with Crippen molar-refractivity contribution in [3.05, 3.63) is 47.5 Å². The average molecular weight is 458 g/mol. The summed E-state index contributed by atoms with van der Waals surface area (Å²) in [5.41, 5.74) is 2.29. The lowest BCUT2D eigenvalue weighted by atomic mass is 10.1. The van der Waals surface area contributed by atoms with Gasteiger partial charge >= 0.3 is 0 Å². The van der Waals surface area contributed by atoms with Crippen molar-refractivity contribution >= 4 is 39.7 Å². The second-order valence-electron chi connectivity index (χ2n) is 8.13. The van der Waals surface area contributed by atoms with E-state index in [-0.39, 0.29) is 11.1 Å². The lowest BCUT2D eigenvalue weighted by molar-refractivity contribution is 0.142. The van der Waals surface area contributed by atoms with Gasteiger partial charge in [-0.2, -0.15) is 0 Å². The summed E-state index contributed by atoms with van der Waals surface area (Å²) in [6.45, 7) is 3.24. The van der Waals surface area contributed by atoms with Gasteiger partial charge in [0.15, 0.2) is 0 Å². The number of benzene rings is 2. The zero-order valence-electron chi connectivity index (χ0n) is 17.5. The van der Waals surface area contributed by atoms with Crippen LogP contribution in [0, 0.1) is 5.82 Å². The zero-order valence-corrected chi connectivity index (χ0v) is 18.3. The molecule has 1 aromatic heterocycles. The van der Waals surface area contributed by atoms with Crippen LogP contribution in [-0.2, 0) is 4.74 Å². The molecule has 0 spiro atoms. The molecule has 168 valence electrons. The molecule has 5 rings (SSSR count). The summed E-state index contributed by atoms with van der Waals surface area (Å²) in [6.07, 6.45) is 4.60. The molecule has 9 heteroatoms. The van der Waals surface area contributed by atoms with Crippen LogP contribution < -0.4 is 20.7 Å². The summed E-state index contributed by atoms with van der Waals surface area (Å²) in [5.74, 6) is 0.904. The van der Waals surface area contributed by atoms with Crippen LogP contribution in [0.4, 0.5) is 21.6 Å². The van der Waals surface area contributed by atoms with Gasteiger partial charge in [0.1, 0.15) is 29.8 Å². The van der Waals surface area contributed by atoms with Crippen LogP contribution in [0.1, 0.15) is 19.3 Å². The van der Waals surface area contributed by atoms with Crippen molar-refractivity contribution in [2.45, 2.75) is 31.4 Å². The maximum atomic E-state index is 13.6. The van der Waals surface area contributed by atoms with E-state index in [9.17, 15) is 4.39 Å². The van der Waals surface area contributed by atoms with Crippen LogP contribution in [0.3, 0.4) is 0 Å². The molecule has 0 saturated carbocycles. The van der Waals surface area contributed by atoms with Crippen LogP contribution in [0.15, 0.2) is 36.7 Å². The Morgan fingerprint density at radius 3 is 2.91 bits per heavy atom. The molecule has 2 aliphatic heterocycles. The van der Waals surface area contributed by atoms with Crippen molar-refractivity contribution in [2.24, 2.45) is 0 Å². The topological polar surface area (TPSA) is 80.3 Å². The molecule has 7 nitrogen and oxygen atoms in total. The van der Waals surface area contributed by atoms with E-state index in [0.29, 0.717) is 30.8 Å². The van der Waals surface area contributed by atoms with Crippen molar-refractivity contribution < 1.29 is 13.9 Å². The molecule has 2 aliphatic rings. The summed E-state index contributed by atoms with van der Waals surface area (Å²) < 4.78 is 25.3.